The summed E-state index contributed by atoms with van der Waals surface area (Å²) in [6.07, 6.45) is 2.31. The summed E-state index contributed by atoms with van der Waals surface area (Å²) >= 11 is 8.98. The second-order valence-corrected chi connectivity index (χ2v) is 6.32. The van der Waals surface area contributed by atoms with Crippen molar-refractivity contribution in [2.45, 2.75) is 19.3 Å². The molecule has 27 heavy (non-hydrogen) atoms. The number of benzene rings is 2. The van der Waals surface area contributed by atoms with Crippen molar-refractivity contribution in [1.82, 2.24) is 5.32 Å². The molecule has 0 fully saturated rings. The molecule has 2 aromatic carbocycles. The standard InChI is InChI=1S/C19H21NO2S.CH3NOS/c21-18(17-11-5-2-6-12-17)13-15-22-19(23)20-14-7-10-16-8-3-1-4-9-16;2-1(3)4/h1-6,8-9,11-12H,7,10,13-15H2,(H,20,23);(H3,2,3,4). The molecular formula is C20H24N2O3S2. The van der Waals surface area contributed by atoms with Gasteiger partial charge in [0.1, 0.15) is 0 Å². The van der Waals surface area contributed by atoms with Crippen LogP contribution in [-0.4, -0.2) is 34.4 Å². The maximum atomic E-state index is 11.9. The first-order chi connectivity index (χ1) is 13.0. The summed E-state index contributed by atoms with van der Waals surface area (Å²) < 4.78 is 5.39. The van der Waals surface area contributed by atoms with Crippen molar-refractivity contribution < 1.29 is 14.6 Å². The SMILES string of the molecule is NC(O)=S.O=C(CCOC(=S)NCCCc1ccccc1)c1ccccc1. The quantitative estimate of drug-likeness (QED) is 0.352. The van der Waals surface area contributed by atoms with Gasteiger partial charge in [0.25, 0.3) is 10.3 Å². The molecule has 0 spiro atoms. The molecule has 0 saturated heterocycles. The predicted octanol–water partition coefficient (Wildman–Crippen LogP) is 3.57. The lowest BCUT2D eigenvalue weighted by Gasteiger charge is -2.09. The fourth-order valence-corrected chi connectivity index (χ4v) is 2.37. The molecule has 0 bridgehead atoms. The number of nitrogens with one attached hydrogen (secondary N) is 1. The molecule has 0 radical (unpaired) electrons. The number of aliphatic hydroxyl groups excluding tert-OH is 1. The highest BCUT2D eigenvalue weighted by atomic mass is 32.1. The molecule has 0 unspecified atom stereocenters. The summed E-state index contributed by atoms with van der Waals surface area (Å²) in [6, 6.07) is 19.5. The van der Waals surface area contributed by atoms with Gasteiger partial charge < -0.3 is 20.9 Å². The van der Waals surface area contributed by atoms with Crippen molar-refractivity contribution in [3.05, 3.63) is 71.8 Å². The molecule has 0 aliphatic carbocycles. The average molecular weight is 405 g/mol. The fraction of sp³-hybridized carbons (Fsp3) is 0.250. The summed E-state index contributed by atoms with van der Waals surface area (Å²) in [5, 5.41) is 10.5. The zero-order chi connectivity index (χ0) is 19.9. The van der Waals surface area contributed by atoms with Gasteiger partial charge in [-0.1, -0.05) is 60.7 Å². The van der Waals surface area contributed by atoms with E-state index in [1.54, 1.807) is 0 Å². The normalized spacial score (nSPS) is 9.48. The first-order valence-electron chi connectivity index (χ1n) is 8.50. The number of aryl methyl sites for hydroxylation is 1. The first-order valence-corrected chi connectivity index (χ1v) is 9.32. The number of nitrogens with two attached hydrogens (primary N) is 1. The molecule has 4 N–H and O–H groups in total. The molecule has 2 rings (SSSR count). The van der Waals surface area contributed by atoms with E-state index in [-0.39, 0.29) is 5.78 Å². The van der Waals surface area contributed by atoms with Gasteiger partial charge in [-0.25, -0.2) is 0 Å². The van der Waals surface area contributed by atoms with Crippen LogP contribution >= 0.6 is 24.4 Å². The van der Waals surface area contributed by atoms with Gasteiger partial charge in [0.05, 0.1) is 6.61 Å². The van der Waals surface area contributed by atoms with E-state index in [0.29, 0.717) is 23.8 Å². The highest BCUT2D eigenvalue weighted by molar-refractivity contribution is 7.80. The Balaban J connectivity index is 0.000000828. The Kier molecular flexibility index (Phi) is 11.4. The van der Waals surface area contributed by atoms with Crippen LogP contribution in [0.5, 0.6) is 0 Å². The van der Waals surface area contributed by atoms with Crippen LogP contribution in [0.4, 0.5) is 0 Å². The summed E-state index contributed by atoms with van der Waals surface area (Å²) in [7, 11) is 0. The number of carbonyl (C=O) groups excluding carboxylic acids is 1. The Hall–Kier alpha value is -2.51. The molecule has 0 aliphatic heterocycles. The van der Waals surface area contributed by atoms with Crippen LogP contribution in [0.15, 0.2) is 60.7 Å². The third-order valence-corrected chi connectivity index (χ3v) is 3.67. The third kappa shape index (κ3) is 11.7. The molecule has 0 aliphatic rings. The fourth-order valence-electron chi connectivity index (χ4n) is 2.18. The van der Waals surface area contributed by atoms with Gasteiger partial charge in [0.15, 0.2) is 5.78 Å². The summed E-state index contributed by atoms with van der Waals surface area (Å²) in [5.41, 5.74) is 6.42. The predicted molar refractivity (Wildman–Crippen MR) is 116 cm³/mol. The highest BCUT2D eigenvalue weighted by Gasteiger charge is 2.05. The number of thiocarbonyl (C=S) groups is 2. The zero-order valence-electron chi connectivity index (χ0n) is 15.0. The number of Topliss-reactive ketones (excluding diaryl/α,β-unsaturated/α-hetero) is 1. The molecule has 0 atom stereocenters. The van der Waals surface area contributed by atoms with Gasteiger partial charge in [0.2, 0.25) is 0 Å². The van der Waals surface area contributed by atoms with Crippen molar-refractivity contribution in [3.8, 4) is 0 Å². The number of rotatable bonds is 8. The van der Waals surface area contributed by atoms with Crippen molar-refractivity contribution in [1.29, 1.82) is 0 Å². The molecule has 0 heterocycles. The molecule has 7 heteroatoms. The smallest absolute Gasteiger partial charge is 0.256 e. The maximum Gasteiger partial charge on any atom is 0.256 e. The lowest BCUT2D eigenvalue weighted by atomic mass is 10.1. The van der Waals surface area contributed by atoms with E-state index in [1.165, 1.54) is 5.56 Å². The minimum absolute atomic E-state index is 0.0671. The van der Waals surface area contributed by atoms with E-state index >= 15 is 0 Å². The van der Waals surface area contributed by atoms with Gasteiger partial charge in [0, 0.05) is 18.5 Å². The summed E-state index contributed by atoms with van der Waals surface area (Å²) in [5.74, 6) is 0.0671. The maximum absolute atomic E-state index is 11.9. The molecular weight excluding hydrogens is 380 g/mol. The number of ether oxygens (including phenoxy) is 1. The van der Waals surface area contributed by atoms with E-state index in [0.717, 1.165) is 19.4 Å². The number of ketones is 1. The monoisotopic (exact) mass is 404 g/mol. The van der Waals surface area contributed by atoms with Crippen LogP contribution in [0.2, 0.25) is 0 Å². The average Bonchev–Trinajstić information content (AvgIpc) is 2.66. The number of carbonyl (C=O) groups is 1. The Morgan fingerprint density at radius 3 is 2.19 bits per heavy atom. The van der Waals surface area contributed by atoms with E-state index in [1.807, 2.05) is 48.5 Å². The topological polar surface area (TPSA) is 84.6 Å². The van der Waals surface area contributed by atoms with E-state index < -0.39 is 5.17 Å². The van der Waals surface area contributed by atoms with Crippen LogP contribution < -0.4 is 11.1 Å². The largest absolute Gasteiger partial charge is 0.487 e. The molecule has 5 nitrogen and oxygen atoms in total. The van der Waals surface area contributed by atoms with Crippen LogP contribution in [0, 0.1) is 0 Å². The first kappa shape index (κ1) is 22.5. The van der Waals surface area contributed by atoms with E-state index in [9.17, 15) is 4.79 Å². The van der Waals surface area contributed by atoms with Gasteiger partial charge in [-0.15, -0.1) is 0 Å². The Morgan fingerprint density at radius 1 is 1.04 bits per heavy atom. The minimum Gasteiger partial charge on any atom is -0.487 e. The third-order valence-electron chi connectivity index (χ3n) is 3.41. The minimum atomic E-state index is -0.500. The van der Waals surface area contributed by atoms with Crippen molar-refractivity contribution in [3.63, 3.8) is 0 Å². The van der Waals surface area contributed by atoms with Crippen molar-refractivity contribution in [2.24, 2.45) is 5.73 Å². The molecule has 2 aromatic rings. The van der Waals surface area contributed by atoms with Crippen LogP contribution in [-0.2, 0) is 11.2 Å². The Labute approximate surface area is 170 Å². The van der Waals surface area contributed by atoms with Crippen molar-refractivity contribution in [2.75, 3.05) is 13.2 Å². The van der Waals surface area contributed by atoms with Crippen LogP contribution in [0.25, 0.3) is 0 Å². The zero-order valence-corrected chi connectivity index (χ0v) is 16.6. The molecule has 0 saturated carbocycles. The van der Waals surface area contributed by atoms with Gasteiger partial charge in [-0.3, -0.25) is 4.79 Å². The van der Waals surface area contributed by atoms with Crippen LogP contribution in [0.3, 0.4) is 0 Å². The second kappa shape index (κ2) is 13.7. The van der Waals surface area contributed by atoms with E-state index in [2.05, 4.69) is 35.4 Å². The van der Waals surface area contributed by atoms with E-state index in [4.69, 9.17) is 22.1 Å². The van der Waals surface area contributed by atoms with Gasteiger partial charge >= 0.3 is 0 Å². The number of hydrogen-bond donors (Lipinski definition) is 3. The lowest BCUT2D eigenvalue weighted by Crippen LogP contribution is -2.26. The molecule has 0 amide bonds. The Bertz CT molecular complexity index is 706. The van der Waals surface area contributed by atoms with Crippen LogP contribution in [0.1, 0.15) is 28.8 Å². The Morgan fingerprint density at radius 2 is 1.59 bits per heavy atom. The number of hydrogen-bond acceptors (Lipinski definition) is 4. The summed E-state index contributed by atoms with van der Waals surface area (Å²) in [6.45, 7) is 1.07. The van der Waals surface area contributed by atoms with Crippen molar-refractivity contribution >= 4 is 40.6 Å². The molecule has 144 valence electrons. The highest BCUT2D eigenvalue weighted by Crippen LogP contribution is 2.03. The lowest BCUT2D eigenvalue weighted by molar-refractivity contribution is 0.0959. The number of aliphatic hydroxyl groups is 1. The van der Waals surface area contributed by atoms with Gasteiger partial charge in [-0.05, 0) is 42.8 Å². The molecule has 0 aromatic heterocycles. The van der Waals surface area contributed by atoms with Gasteiger partial charge in [-0.2, -0.15) is 0 Å². The second-order valence-electron chi connectivity index (χ2n) is 5.53. The summed E-state index contributed by atoms with van der Waals surface area (Å²) in [4.78, 5) is 11.9.